The van der Waals surface area contributed by atoms with Crippen molar-refractivity contribution in [1.29, 1.82) is 0 Å². The van der Waals surface area contributed by atoms with Gasteiger partial charge in [-0.1, -0.05) is 20.5 Å². The van der Waals surface area contributed by atoms with E-state index in [0.717, 1.165) is 0 Å². The molecule has 0 saturated carbocycles. The zero-order valence-corrected chi connectivity index (χ0v) is 13.8. The molecule has 0 aromatic rings. The number of ketones is 1. The third-order valence-corrected chi connectivity index (χ3v) is 2.03. The standard InChI is InChI=1S/C12H23O4.Y/c1-4-14-7-8-16-10-9-15-6-5-12(13)11(2)3;/h11H,1,4-10H2,2-3H3;/q-1;. The quantitative estimate of drug-likeness (QED) is 0.427. The van der Waals surface area contributed by atoms with Crippen LogP contribution in [0, 0.1) is 12.8 Å². The van der Waals surface area contributed by atoms with Crippen molar-refractivity contribution in [1.82, 2.24) is 0 Å². The molecule has 99 valence electrons. The molecule has 0 unspecified atom stereocenters. The van der Waals surface area contributed by atoms with Gasteiger partial charge < -0.3 is 21.1 Å². The summed E-state index contributed by atoms with van der Waals surface area (Å²) < 4.78 is 15.5. The summed E-state index contributed by atoms with van der Waals surface area (Å²) in [5, 5.41) is 0. The molecule has 4 nitrogen and oxygen atoms in total. The van der Waals surface area contributed by atoms with Gasteiger partial charge in [-0.3, -0.25) is 4.79 Å². The molecular weight excluding hydrogens is 297 g/mol. The zero-order valence-electron chi connectivity index (χ0n) is 10.9. The minimum absolute atomic E-state index is 0. The van der Waals surface area contributed by atoms with Crippen molar-refractivity contribution < 1.29 is 51.7 Å². The summed E-state index contributed by atoms with van der Waals surface area (Å²) in [4.78, 5) is 11.2. The van der Waals surface area contributed by atoms with E-state index in [4.69, 9.17) is 14.2 Å². The Bertz CT molecular complexity index is 174. The number of hydrogen-bond donors (Lipinski definition) is 0. The van der Waals surface area contributed by atoms with Crippen LogP contribution in [-0.4, -0.2) is 45.4 Å². The number of ether oxygens (including phenoxy) is 3. The van der Waals surface area contributed by atoms with E-state index in [1.165, 1.54) is 0 Å². The molecule has 0 aromatic carbocycles. The van der Waals surface area contributed by atoms with Crippen molar-refractivity contribution in [3.63, 3.8) is 0 Å². The molecular formula is C12H23O4Y-. The molecule has 0 aliphatic rings. The maximum atomic E-state index is 11.2. The number of carbonyl (C=O) groups is 1. The third kappa shape index (κ3) is 14.6. The molecule has 17 heavy (non-hydrogen) atoms. The molecule has 5 heteroatoms. The average molecular weight is 320 g/mol. The minimum atomic E-state index is 0. The van der Waals surface area contributed by atoms with Crippen molar-refractivity contribution in [3.05, 3.63) is 6.92 Å². The van der Waals surface area contributed by atoms with Gasteiger partial charge in [-0.15, -0.1) is 0 Å². The number of Topliss-reactive ketones (excluding diaryl/α,β-unsaturated/α-hetero) is 1. The average Bonchev–Trinajstić information content (AvgIpc) is 2.26. The summed E-state index contributed by atoms with van der Waals surface area (Å²) in [5.41, 5.74) is 0. The van der Waals surface area contributed by atoms with E-state index in [2.05, 4.69) is 6.92 Å². The van der Waals surface area contributed by atoms with E-state index in [0.29, 0.717) is 46.1 Å². The van der Waals surface area contributed by atoms with Crippen LogP contribution >= 0.6 is 0 Å². The van der Waals surface area contributed by atoms with E-state index in [-0.39, 0.29) is 44.4 Å². The first kappa shape index (κ1) is 20.0. The molecule has 0 heterocycles. The Morgan fingerprint density at radius 2 is 1.47 bits per heavy atom. The number of rotatable bonds is 11. The van der Waals surface area contributed by atoms with Gasteiger partial charge >= 0.3 is 0 Å². The smallest absolute Gasteiger partial charge is 0.137 e. The molecule has 0 bridgehead atoms. The Morgan fingerprint density at radius 3 is 1.94 bits per heavy atom. The maximum Gasteiger partial charge on any atom is 0.137 e. The fraction of sp³-hybridized carbons (Fsp3) is 0.833. The van der Waals surface area contributed by atoms with Crippen LogP contribution in [0.4, 0.5) is 0 Å². The van der Waals surface area contributed by atoms with Gasteiger partial charge in [-0.05, 0) is 0 Å². The molecule has 0 fully saturated rings. The van der Waals surface area contributed by atoms with Gasteiger partial charge in [0.25, 0.3) is 0 Å². The first-order valence-electron chi connectivity index (χ1n) is 5.73. The van der Waals surface area contributed by atoms with E-state index in [1.807, 2.05) is 13.8 Å². The number of hydrogen-bond acceptors (Lipinski definition) is 4. The largest absolute Gasteiger partial charge is 0.411 e. The Morgan fingerprint density at radius 1 is 1.00 bits per heavy atom. The minimum Gasteiger partial charge on any atom is -0.411 e. The van der Waals surface area contributed by atoms with Gasteiger partial charge in [-0.2, -0.15) is 0 Å². The van der Waals surface area contributed by atoms with Crippen LogP contribution in [0.5, 0.6) is 0 Å². The van der Waals surface area contributed by atoms with Crippen molar-refractivity contribution in [2.45, 2.75) is 20.3 Å². The van der Waals surface area contributed by atoms with Crippen molar-refractivity contribution in [3.8, 4) is 0 Å². The molecule has 0 amide bonds. The van der Waals surface area contributed by atoms with E-state index >= 15 is 0 Å². The molecule has 0 atom stereocenters. The van der Waals surface area contributed by atoms with Gasteiger partial charge in [-0.25, -0.2) is 0 Å². The number of carbonyl (C=O) groups excluding carboxylic acids is 1. The molecule has 0 saturated heterocycles. The SMILES string of the molecule is [CH2-]COCCOCCOCCC(=O)C(C)C.[Y]. The van der Waals surface area contributed by atoms with Gasteiger partial charge in [0.05, 0.1) is 33.0 Å². The monoisotopic (exact) mass is 320 g/mol. The Hall–Kier alpha value is 0.654. The van der Waals surface area contributed by atoms with E-state index in [9.17, 15) is 4.79 Å². The predicted molar refractivity (Wildman–Crippen MR) is 62.3 cm³/mol. The van der Waals surface area contributed by atoms with Crippen LogP contribution in [0.2, 0.25) is 0 Å². The molecule has 0 aliphatic heterocycles. The van der Waals surface area contributed by atoms with Crippen LogP contribution in [0.15, 0.2) is 0 Å². The van der Waals surface area contributed by atoms with E-state index < -0.39 is 0 Å². The molecule has 0 rings (SSSR count). The first-order chi connectivity index (χ1) is 7.68. The zero-order chi connectivity index (χ0) is 12.2. The molecule has 0 spiro atoms. The van der Waals surface area contributed by atoms with Crippen LogP contribution in [0.1, 0.15) is 20.3 Å². The van der Waals surface area contributed by atoms with E-state index in [1.54, 1.807) is 0 Å². The van der Waals surface area contributed by atoms with Crippen molar-refractivity contribution in [2.24, 2.45) is 5.92 Å². The summed E-state index contributed by atoms with van der Waals surface area (Å²) in [7, 11) is 0. The Balaban J connectivity index is 0. The van der Waals surface area contributed by atoms with Gasteiger partial charge in [0.15, 0.2) is 0 Å². The van der Waals surface area contributed by atoms with Crippen molar-refractivity contribution in [2.75, 3.05) is 39.6 Å². The third-order valence-electron chi connectivity index (χ3n) is 2.03. The van der Waals surface area contributed by atoms with Crippen molar-refractivity contribution >= 4 is 5.78 Å². The second kappa shape index (κ2) is 14.7. The second-order valence-electron chi connectivity index (χ2n) is 3.71. The fourth-order valence-electron chi connectivity index (χ4n) is 1.00. The van der Waals surface area contributed by atoms with Crippen LogP contribution < -0.4 is 0 Å². The Labute approximate surface area is 130 Å². The maximum absolute atomic E-state index is 11.2. The Kier molecular flexibility index (Phi) is 17.3. The van der Waals surface area contributed by atoms with Crippen LogP contribution in [0.3, 0.4) is 0 Å². The predicted octanol–water partition coefficient (Wildman–Crippen LogP) is 1.48. The molecule has 0 aromatic heterocycles. The van der Waals surface area contributed by atoms with Crippen LogP contribution in [-0.2, 0) is 51.7 Å². The molecule has 0 N–H and O–H groups in total. The summed E-state index contributed by atoms with van der Waals surface area (Å²) in [6, 6.07) is 0. The fourth-order valence-corrected chi connectivity index (χ4v) is 1.00. The second-order valence-corrected chi connectivity index (χ2v) is 3.71. The normalized spacial score (nSPS) is 10.4. The van der Waals surface area contributed by atoms with Gasteiger partial charge in [0, 0.05) is 45.0 Å². The molecule has 1 radical (unpaired) electrons. The molecule has 0 aliphatic carbocycles. The van der Waals surface area contributed by atoms with Gasteiger partial charge in [0.2, 0.25) is 0 Å². The first-order valence-corrected chi connectivity index (χ1v) is 5.73. The summed E-state index contributed by atoms with van der Waals surface area (Å²) in [6.07, 6.45) is 0.488. The summed E-state index contributed by atoms with van der Waals surface area (Å²) in [6.45, 7) is 10.5. The summed E-state index contributed by atoms with van der Waals surface area (Å²) >= 11 is 0. The van der Waals surface area contributed by atoms with Crippen LogP contribution in [0.25, 0.3) is 0 Å². The topological polar surface area (TPSA) is 44.8 Å². The summed E-state index contributed by atoms with van der Waals surface area (Å²) in [5.74, 6) is 0.337. The van der Waals surface area contributed by atoms with Gasteiger partial charge in [0.1, 0.15) is 5.78 Å².